The highest BCUT2D eigenvalue weighted by atomic mass is 16.5. The van der Waals surface area contributed by atoms with Gasteiger partial charge in [0.05, 0.1) is 18.6 Å². The summed E-state index contributed by atoms with van der Waals surface area (Å²) in [6.07, 6.45) is 0.0459. The van der Waals surface area contributed by atoms with Gasteiger partial charge in [-0.3, -0.25) is 9.59 Å². The van der Waals surface area contributed by atoms with Crippen molar-refractivity contribution >= 4 is 11.9 Å². The Bertz CT molecular complexity index is 617. The van der Waals surface area contributed by atoms with Crippen LogP contribution in [0.3, 0.4) is 0 Å². The van der Waals surface area contributed by atoms with Crippen molar-refractivity contribution in [2.24, 2.45) is 5.92 Å². The molecule has 0 radical (unpaired) electrons. The molecule has 0 saturated carbocycles. The summed E-state index contributed by atoms with van der Waals surface area (Å²) < 4.78 is 5.53. The van der Waals surface area contributed by atoms with Gasteiger partial charge in [0.15, 0.2) is 0 Å². The van der Waals surface area contributed by atoms with Crippen molar-refractivity contribution in [3.63, 3.8) is 0 Å². The fraction of sp³-hybridized carbons (Fsp3) is 0.579. The van der Waals surface area contributed by atoms with Crippen LogP contribution >= 0.6 is 0 Å². The van der Waals surface area contributed by atoms with Gasteiger partial charge < -0.3 is 19.6 Å². The van der Waals surface area contributed by atoms with E-state index in [1.807, 2.05) is 38.2 Å². The summed E-state index contributed by atoms with van der Waals surface area (Å²) in [5.41, 5.74) is 0.816. The molecule has 0 unspecified atom stereocenters. The van der Waals surface area contributed by atoms with Gasteiger partial charge >= 0.3 is 5.97 Å². The highest BCUT2D eigenvalue weighted by Gasteiger charge is 2.44. The highest BCUT2D eigenvalue weighted by molar-refractivity contribution is 5.87. The molecule has 1 fully saturated rings. The van der Waals surface area contributed by atoms with E-state index in [-0.39, 0.29) is 12.3 Å². The average molecular weight is 348 g/mol. The second-order valence-electron chi connectivity index (χ2n) is 6.76. The van der Waals surface area contributed by atoms with Crippen LogP contribution in [-0.4, -0.2) is 59.6 Å². The van der Waals surface area contributed by atoms with Crippen molar-refractivity contribution in [1.82, 2.24) is 9.80 Å². The SMILES string of the molecule is CCOc1cccc([C@@H]2[C@H](C(=O)O)CC(=O)N2CCN(C)C(C)C)c1. The number of amides is 1. The zero-order chi connectivity index (χ0) is 18.6. The Kier molecular flexibility index (Phi) is 6.42. The van der Waals surface area contributed by atoms with Gasteiger partial charge in [0.2, 0.25) is 5.91 Å². The second kappa shape index (κ2) is 8.34. The number of nitrogens with zero attached hydrogens (tertiary/aromatic N) is 2. The molecule has 1 aromatic carbocycles. The maximum Gasteiger partial charge on any atom is 0.309 e. The molecule has 1 saturated heterocycles. The van der Waals surface area contributed by atoms with Crippen LogP contribution in [0.15, 0.2) is 24.3 Å². The van der Waals surface area contributed by atoms with Crippen LogP contribution in [0.1, 0.15) is 38.8 Å². The monoisotopic (exact) mass is 348 g/mol. The number of carboxylic acids is 1. The first-order valence-corrected chi connectivity index (χ1v) is 8.80. The summed E-state index contributed by atoms with van der Waals surface area (Å²) in [4.78, 5) is 28.1. The van der Waals surface area contributed by atoms with E-state index >= 15 is 0 Å². The predicted molar refractivity (Wildman–Crippen MR) is 95.6 cm³/mol. The van der Waals surface area contributed by atoms with Crippen LogP contribution < -0.4 is 4.74 Å². The molecular weight excluding hydrogens is 320 g/mol. The molecule has 0 bridgehead atoms. The molecule has 2 rings (SSSR count). The Balaban J connectivity index is 2.28. The Morgan fingerprint density at radius 3 is 2.76 bits per heavy atom. The van der Waals surface area contributed by atoms with Crippen molar-refractivity contribution in [2.75, 3.05) is 26.7 Å². The van der Waals surface area contributed by atoms with Crippen molar-refractivity contribution in [3.05, 3.63) is 29.8 Å². The van der Waals surface area contributed by atoms with Gasteiger partial charge in [0, 0.05) is 25.6 Å². The molecule has 0 aromatic heterocycles. The van der Waals surface area contributed by atoms with Gasteiger partial charge in [-0.1, -0.05) is 12.1 Å². The summed E-state index contributed by atoms with van der Waals surface area (Å²) in [6.45, 7) is 7.85. The Labute approximate surface area is 149 Å². The van der Waals surface area contributed by atoms with E-state index in [9.17, 15) is 14.7 Å². The standard InChI is InChI=1S/C19H28N2O4/c1-5-25-15-8-6-7-14(11-15)18-16(19(23)24)12-17(22)21(18)10-9-20(4)13(2)3/h6-8,11,13,16,18H,5,9-10,12H2,1-4H3,(H,23,24)/t16-,18-/m1/s1. The van der Waals surface area contributed by atoms with Crippen LogP contribution in [0.5, 0.6) is 5.75 Å². The van der Waals surface area contributed by atoms with Gasteiger partial charge in [0.25, 0.3) is 0 Å². The van der Waals surface area contributed by atoms with Crippen LogP contribution in [0.25, 0.3) is 0 Å². The minimum Gasteiger partial charge on any atom is -0.494 e. The fourth-order valence-electron chi connectivity index (χ4n) is 3.17. The highest BCUT2D eigenvalue weighted by Crippen LogP contribution is 2.39. The van der Waals surface area contributed by atoms with Gasteiger partial charge in [-0.2, -0.15) is 0 Å². The summed E-state index contributed by atoms with van der Waals surface area (Å²) >= 11 is 0. The number of carbonyl (C=O) groups is 2. The van der Waals surface area contributed by atoms with E-state index in [1.54, 1.807) is 4.90 Å². The smallest absolute Gasteiger partial charge is 0.309 e. The van der Waals surface area contributed by atoms with Gasteiger partial charge in [-0.25, -0.2) is 0 Å². The molecule has 1 aliphatic rings. The number of hydrogen-bond donors (Lipinski definition) is 1. The quantitative estimate of drug-likeness (QED) is 0.781. The van der Waals surface area contributed by atoms with Crippen molar-refractivity contribution < 1.29 is 19.4 Å². The third-order valence-corrected chi connectivity index (χ3v) is 4.83. The average Bonchev–Trinajstić information content (AvgIpc) is 2.90. The summed E-state index contributed by atoms with van der Waals surface area (Å²) in [5.74, 6) is -1.06. The zero-order valence-electron chi connectivity index (χ0n) is 15.4. The lowest BCUT2D eigenvalue weighted by atomic mass is 9.93. The van der Waals surface area contributed by atoms with E-state index in [2.05, 4.69) is 18.7 Å². The number of carbonyl (C=O) groups excluding carboxylic acids is 1. The molecular formula is C19H28N2O4. The number of rotatable bonds is 8. The minimum absolute atomic E-state index is 0.0459. The van der Waals surface area contributed by atoms with Gasteiger partial charge in [0.1, 0.15) is 5.75 Å². The number of hydrogen-bond acceptors (Lipinski definition) is 4. The number of benzene rings is 1. The largest absolute Gasteiger partial charge is 0.494 e. The normalized spacial score (nSPS) is 20.6. The number of likely N-dealkylation sites (N-methyl/N-ethyl adjacent to an activating group) is 1. The lowest BCUT2D eigenvalue weighted by molar-refractivity contribution is -0.142. The van der Waals surface area contributed by atoms with Crippen molar-refractivity contribution in [1.29, 1.82) is 0 Å². The molecule has 1 aliphatic heterocycles. The molecule has 2 atom stereocenters. The second-order valence-corrected chi connectivity index (χ2v) is 6.76. The topological polar surface area (TPSA) is 70.1 Å². The predicted octanol–water partition coefficient (Wildman–Crippen LogP) is 2.40. The fourth-order valence-corrected chi connectivity index (χ4v) is 3.17. The van der Waals surface area contributed by atoms with Crippen LogP contribution in [0.2, 0.25) is 0 Å². The van der Waals surface area contributed by atoms with E-state index in [0.29, 0.717) is 31.5 Å². The van der Waals surface area contributed by atoms with E-state index in [4.69, 9.17) is 4.74 Å². The third kappa shape index (κ3) is 4.51. The first-order valence-electron chi connectivity index (χ1n) is 8.80. The third-order valence-electron chi connectivity index (χ3n) is 4.83. The Morgan fingerprint density at radius 1 is 1.44 bits per heavy atom. The van der Waals surface area contributed by atoms with Crippen molar-refractivity contribution in [2.45, 2.75) is 39.3 Å². The molecule has 1 N–H and O–H groups in total. The minimum atomic E-state index is -0.931. The summed E-state index contributed by atoms with van der Waals surface area (Å²) in [6, 6.07) is 7.33. The number of ether oxygens (including phenoxy) is 1. The van der Waals surface area contributed by atoms with E-state index in [1.165, 1.54) is 0 Å². The van der Waals surface area contributed by atoms with E-state index < -0.39 is 17.9 Å². The molecule has 0 spiro atoms. The van der Waals surface area contributed by atoms with Crippen LogP contribution in [0, 0.1) is 5.92 Å². The van der Waals surface area contributed by atoms with Gasteiger partial charge in [-0.15, -0.1) is 0 Å². The maximum atomic E-state index is 12.5. The molecule has 1 heterocycles. The number of aliphatic carboxylic acids is 1. The lowest BCUT2D eigenvalue weighted by Gasteiger charge is -2.30. The molecule has 6 heteroatoms. The molecule has 0 aliphatic carbocycles. The molecule has 6 nitrogen and oxygen atoms in total. The number of carboxylic acid groups (broad SMARTS) is 1. The first kappa shape index (κ1) is 19.2. The Hall–Kier alpha value is -2.08. The first-order chi connectivity index (χ1) is 11.8. The van der Waals surface area contributed by atoms with Crippen LogP contribution in [0.4, 0.5) is 0 Å². The van der Waals surface area contributed by atoms with Crippen molar-refractivity contribution in [3.8, 4) is 5.75 Å². The molecule has 1 aromatic rings. The molecule has 1 amide bonds. The van der Waals surface area contributed by atoms with Crippen LogP contribution in [-0.2, 0) is 9.59 Å². The van der Waals surface area contributed by atoms with E-state index in [0.717, 1.165) is 5.56 Å². The van der Waals surface area contributed by atoms with Gasteiger partial charge in [-0.05, 0) is 45.5 Å². The maximum absolute atomic E-state index is 12.5. The number of likely N-dealkylation sites (tertiary alicyclic amines) is 1. The zero-order valence-corrected chi connectivity index (χ0v) is 15.4. The molecule has 138 valence electrons. The molecule has 25 heavy (non-hydrogen) atoms. The lowest BCUT2D eigenvalue weighted by Crippen LogP contribution is -2.39. The Morgan fingerprint density at radius 2 is 2.16 bits per heavy atom. The summed E-state index contributed by atoms with van der Waals surface area (Å²) in [5, 5.41) is 9.60. The summed E-state index contributed by atoms with van der Waals surface area (Å²) in [7, 11) is 2.00.